The molecule has 0 aromatic rings. The van der Waals surface area contributed by atoms with Crippen LogP contribution in [0.25, 0.3) is 0 Å². The fourth-order valence-corrected chi connectivity index (χ4v) is 5.47. The lowest BCUT2D eigenvalue weighted by atomic mass is 10.0. The molecule has 0 aliphatic carbocycles. The number of hydrogen-bond acceptors (Lipinski definition) is 3. The van der Waals surface area contributed by atoms with E-state index < -0.39 is 12.1 Å². The number of unbranched alkanes of at least 4 members (excludes halogenated alkanes) is 25. The third-order valence-electron chi connectivity index (χ3n) is 8.27. The van der Waals surface area contributed by atoms with Gasteiger partial charge in [0.25, 0.3) is 0 Å². The first-order chi connectivity index (χ1) is 19.7. The van der Waals surface area contributed by atoms with E-state index in [4.69, 9.17) is 0 Å². The molecule has 0 aliphatic rings. The Hall–Kier alpha value is -0.870. The molecule has 0 saturated carbocycles. The van der Waals surface area contributed by atoms with E-state index in [2.05, 4.69) is 19.2 Å². The van der Waals surface area contributed by atoms with Crippen molar-refractivity contribution in [3.63, 3.8) is 0 Å². The lowest BCUT2D eigenvalue weighted by molar-refractivity contribution is -0.123. The van der Waals surface area contributed by atoms with Gasteiger partial charge in [0.05, 0.1) is 18.8 Å². The second-order valence-electron chi connectivity index (χ2n) is 12.3. The smallest absolute Gasteiger partial charge is 0.220 e. The van der Waals surface area contributed by atoms with Gasteiger partial charge in [-0.2, -0.15) is 0 Å². The van der Waals surface area contributed by atoms with Crippen molar-refractivity contribution in [3.8, 4) is 0 Å². The minimum absolute atomic E-state index is 0.0634. The molecule has 0 rings (SSSR count). The number of aliphatic hydroxyl groups excluding tert-OH is 2. The van der Waals surface area contributed by atoms with Crippen molar-refractivity contribution in [2.75, 3.05) is 6.61 Å². The minimum Gasteiger partial charge on any atom is -0.394 e. The Morgan fingerprint density at radius 2 is 0.925 bits per heavy atom. The van der Waals surface area contributed by atoms with Gasteiger partial charge in [0.15, 0.2) is 0 Å². The van der Waals surface area contributed by atoms with E-state index in [1.54, 1.807) is 6.08 Å². The first-order valence-electron chi connectivity index (χ1n) is 17.9. The summed E-state index contributed by atoms with van der Waals surface area (Å²) in [5.74, 6) is -0.0634. The Labute approximate surface area is 250 Å². The molecule has 0 aliphatic heterocycles. The number of carbonyl (C=O) groups excluding carboxylic acids is 1. The van der Waals surface area contributed by atoms with Crippen LogP contribution in [0, 0.1) is 0 Å². The summed E-state index contributed by atoms with van der Waals surface area (Å²) >= 11 is 0. The molecule has 0 radical (unpaired) electrons. The molecule has 3 N–H and O–H groups in total. The van der Waals surface area contributed by atoms with Crippen molar-refractivity contribution in [3.05, 3.63) is 12.2 Å². The second-order valence-corrected chi connectivity index (χ2v) is 12.3. The highest BCUT2D eigenvalue weighted by molar-refractivity contribution is 5.76. The van der Waals surface area contributed by atoms with Crippen LogP contribution in [0.4, 0.5) is 0 Å². The number of amides is 1. The molecule has 0 saturated heterocycles. The van der Waals surface area contributed by atoms with Gasteiger partial charge >= 0.3 is 0 Å². The van der Waals surface area contributed by atoms with E-state index in [0.29, 0.717) is 6.42 Å². The number of carbonyl (C=O) groups is 1. The predicted octanol–water partition coefficient (Wildman–Crippen LogP) is 10.3. The van der Waals surface area contributed by atoms with Gasteiger partial charge in [0, 0.05) is 6.42 Å². The molecule has 4 heteroatoms. The largest absolute Gasteiger partial charge is 0.394 e. The monoisotopic (exact) mass is 566 g/mol. The van der Waals surface area contributed by atoms with Gasteiger partial charge in [-0.25, -0.2) is 0 Å². The van der Waals surface area contributed by atoms with E-state index in [-0.39, 0.29) is 12.5 Å². The van der Waals surface area contributed by atoms with Gasteiger partial charge in [0.2, 0.25) is 5.91 Å². The quantitative estimate of drug-likeness (QED) is 0.0561. The Bertz CT molecular complexity index is 536. The fourth-order valence-electron chi connectivity index (χ4n) is 5.47. The summed E-state index contributed by atoms with van der Waals surface area (Å²) in [6.07, 6.45) is 38.6. The lowest BCUT2D eigenvalue weighted by Gasteiger charge is -2.20. The van der Waals surface area contributed by atoms with Crippen LogP contribution < -0.4 is 5.32 Å². The topological polar surface area (TPSA) is 69.6 Å². The first kappa shape index (κ1) is 39.1. The summed E-state index contributed by atoms with van der Waals surface area (Å²) in [5.41, 5.74) is 0. The average Bonchev–Trinajstić information content (AvgIpc) is 2.96. The van der Waals surface area contributed by atoms with Crippen molar-refractivity contribution in [2.45, 2.75) is 206 Å². The number of nitrogens with one attached hydrogen (secondary N) is 1. The molecule has 2 atom stereocenters. The van der Waals surface area contributed by atoms with Gasteiger partial charge in [-0.1, -0.05) is 180 Å². The van der Waals surface area contributed by atoms with Crippen molar-refractivity contribution >= 4 is 5.91 Å². The van der Waals surface area contributed by atoms with Crippen molar-refractivity contribution in [2.24, 2.45) is 0 Å². The molecule has 4 nitrogen and oxygen atoms in total. The summed E-state index contributed by atoms with van der Waals surface area (Å²) in [5, 5.41) is 22.8. The molecule has 0 bridgehead atoms. The standard InChI is InChI=1S/C36H71NO3/c1-3-5-7-9-11-13-15-17-18-20-22-24-26-28-30-32-36(40)37-34(33-38)35(39)31-29-27-25-23-21-19-16-14-12-10-8-6-4-2/h29,31,34-35,38-39H,3-28,30,32-33H2,1-2H3,(H,37,40)/b31-29+/t34-,35+/m1/s1. The third-order valence-corrected chi connectivity index (χ3v) is 8.27. The lowest BCUT2D eigenvalue weighted by Crippen LogP contribution is -2.45. The van der Waals surface area contributed by atoms with Gasteiger partial charge in [-0.15, -0.1) is 0 Å². The molecule has 238 valence electrons. The average molecular weight is 566 g/mol. The van der Waals surface area contributed by atoms with E-state index in [9.17, 15) is 15.0 Å². The molecular formula is C36H71NO3. The van der Waals surface area contributed by atoms with Crippen LogP contribution in [0.15, 0.2) is 12.2 Å². The Kier molecular flexibility index (Phi) is 31.9. The highest BCUT2D eigenvalue weighted by Crippen LogP contribution is 2.14. The Morgan fingerprint density at radius 3 is 1.30 bits per heavy atom. The Morgan fingerprint density at radius 1 is 0.575 bits per heavy atom. The highest BCUT2D eigenvalue weighted by atomic mass is 16.3. The zero-order chi connectivity index (χ0) is 29.4. The van der Waals surface area contributed by atoms with Crippen LogP contribution in [-0.2, 0) is 4.79 Å². The van der Waals surface area contributed by atoms with Crippen LogP contribution in [0.3, 0.4) is 0 Å². The molecule has 0 fully saturated rings. The number of allylic oxidation sites excluding steroid dienone is 1. The molecule has 1 amide bonds. The molecule has 0 aromatic heterocycles. The minimum atomic E-state index is -0.831. The van der Waals surface area contributed by atoms with Crippen LogP contribution in [-0.4, -0.2) is 34.9 Å². The Balaban J connectivity index is 3.60. The van der Waals surface area contributed by atoms with Gasteiger partial charge in [0.1, 0.15) is 0 Å². The van der Waals surface area contributed by atoms with E-state index in [1.807, 2.05) is 6.08 Å². The maximum atomic E-state index is 12.3. The summed E-state index contributed by atoms with van der Waals surface area (Å²) < 4.78 is 0. The van der Waals surface area contributed by atoms with Crippen LogP contribution in [0.1, 0.15) is 194 Å². The van der Waals surface area contributed by atoms with Gasteiger partial charge in [-0.05, 0) is 19.3 Å². The number of hydrogen-bond donors (Lipinski definition) is 3. The maximum absolute atomic E-state index is 12.3. The second kappa shape index (κ2) is 32.6. The van der Waals surface area contributed by atoms with Crippen LogP contribution in [0.2, 0.25) is 0 Å². The highest BCUT2D eigenvalue weighted by Gasteiger charge is 2.17. The molecule has 0 aromatic carbocycles. The molecular weight excluding hydrogens is 494 g/mol. The summed E-state index contributed by atoms with van der Waals surface area (Å²) in [6, 6.07) is -0.614. The molecule has 0 spiro atoms. The molecule has 0 heterocycles. The summed E-state index contributed by atoms with van der Waals surface area (Å²) in [4.78, 5) is 12.3. The SMILES string of the molecule is CCCCCCCCCCCCC/C=C/[C@H](O)[C@@H](CO)NC(=O)CCCCCCCCCCCCCCCCC. The van der Waals surface area contributed by atoms with E-state index in [1.165, 1.54) is 148 Å². The maximum Gasteiger partial charge on any atom is 0.220 e. The van der Waals surface area contributed by atoms with Crippen LogP contribution >= 0.6 is 0 Å². The van der Waals surface area contributed by atoms with Crippen LogP contribution in [0.5, 0.6) is 0 Å². The third kappa shape index (κ3) is 28.7. The van der Waals surface area contributed by atoms with Gasteiger partial charge in [-0.3, -0.25) is 4.79 Å². The van der Waals surface area contributed by atoms with Crippen molar-refractivity contribution < 1.29 is 15.0 Å². The molecule has 40 heavy (non-hydrogen) atoms. The van der Waals surface area contributed by atoms with E-state index in [0.717, 1.165) is 25.7 Å². The zero-order valence-electron chi connectivity index (χ0n) is 27.1. The fraction of sp³-hybridized carbons (Fsp3) is 0.917. The van der Waals surface area contributed by atoms with Gasteiger partial charge < -0.3 is 15.5 Å². The summed E-state index contributed by atoms with van der Waals surface area (Å²) in [7, 11) is 0. The molecule has 0 unspecified atom stereocenters. The van der Waals surface area contributed by atoms with Crippen molar-refractivity contribution in [1.82, 2.24) is 5.32 Å². The first-order valence-corrected chi connectivity index (χ1v) is 17.9. The zero-order valence-corrected chi connectivity index (χ0v) is 27.1. The summed E-state index contributed by atoms with van der Waals surface area (Å²) in [6.45, 7) is 4.30. The van der Waals surface area contributed by atoms with Crippen molar-refractivity contribution in [1.29, 1.82) is 0 Å². The number of aliphatic hydroxyl groups is 2. The number of rotatable bonds is 32. The normalized spacial score (nSPS) is 13.2. The van der Waals surface area contributed by atoms with E-state index >= 15 is 0 Å². The predicted molar refractivity (Wildman–Crippen MR) is 175 cm³/mol.